The van der Waals surface area contributed by atoms with Gasteiger partial charge in [0.2, 0.25) is 0 Å². The molecule has 1 N–H and O–H groups in total. The molecule has 3 rings (SSSR count). The van der Waals surface area contributed by atoms with Crippen molar-refractivity contribution < 1.29 is 0 Å². The Bertz CT molecular complexity index is 631. The van der Waals surface area contributed by atoms with Crippen LogP contribution in [0, 0.1) is 0 Å². The van der Waals surface area contributed by atoms with E-state index in [2.05, 4.69) is 38.4 Å². The molecule has 1 aromatic heterocycles. The average Bonchev–Trinajstić information content (AvgIpc) is 2.75. The number of benzene rings is 1. The molecule has 5 heteroatoms. The van der Waals surface area contributed by atoms with Gasteiger partial charge in [-0.2, -0.15) is 0 Å². The van der Waals surface area contributed by atoms with E-state index >= 15 is 0 Å². The molecule has 1 aliphatic rings. The Morgan fingerprint density at radius 1 is 1.16 bits per heavy atom. The van der Waals surface area contributed by atoms with Crippen molar-refractivity contribution in [3.05, 3.63) is 56.2 Å². The number of fused-ring (bicyclic) bond motifs is 1. The maximum atomic E-state index is 6.02. The maximum Gasteiger partial charge on any atom is 0.143 e. The zero-order valence-corrected chi connectivity index (χ0v) is 13.1. The average molecular weight is 358 g/mol. The van der Waals surface area contributed by atoms with Gasteiger partial charge < -0.3 is 5.32 Å². The molecule has 0 aliphatic heterocycles. The van der Waals surface area contributed by atoms with E-state index in [1.165, 1.54) is 11.1 Å². The van der Waals surface area contributed by atoms with Gasteiger partial charge in [0.1, 0.15) is 5.15 Å². The van der Waals surface area contributed by atoms with Crippen LogP contribution in [0.2, 0.25) is 10.2 Å². The summed E-state index contributed by atoms with van der Waals surface area (Å²) in [6.45, 7) is 0. The second kappa shape index (κ2) is 5.31. The SMILES string of the molecule is Clc1ccc2c(c1)CC(Nc1cnc(Cl)c(Br)c1)C2. The minimum Gasteiger partial charge on any atom is -0.380 e. The van der Waals surface area contributed by atoms with Crippen molar-refractivity contribution in [2.45, 2.75) is 18.9 Å². The summed E-state index contributed by atoms with van der Waals surface area (Å²) in [5.74, 6) is 0. The largest absolute Gasteiger partial charge is 0.380 e. The number of hydrogen-bond acceptors (Lipinski definition) is 2. The maximum absolute atomic E-state index is 6.02. The minimum absolute atomic E-state index is 0.378. The summed E-state index contributed by atoms with van der Waals surface area (Å²) in [7, 11) is 0. The molecule has 1 atom stereocenters. The molecule has 0 saturated heterocycles. The van der Waals surface area contributed by atoms with Gasteiger partial charge in [-0.05, 0) is 58.1 Å². The Morgan fingerprint density at radius 2 is 1.95 bits per heavy atom. The van der Waals surface area contributed by atoms with Gasteiger partial charge in [-0.3, -0.25) is 0 Å². The summed E-state index contributed by atoms with van der Waals surface area (Å²) in [4.78, 5) is 4.12. The Hall–Kier alpha value is -0.770. The molecule has 0 fully saturated rings. The summed E-state index contributed by atoms with van der Waals surface area (Å²) in [6, 6.07) is 8.43. The van der Waals surface area contributed by atoms with Gasteiger partial charge in [-0.25, -0.2) is 4.98 Å². The zero-order valence-electron chi connectivity index (χ0n) is 9.96. The number of pyridine rings is 1. The van der Waals surface area contributed by atoms with Crippen LogP contribution in [0.25, 0.3) is 0 Å². The lowest BCUT2D eigenvalue weighted by Crippen LogP contribution is -2.19. The Labute approximate surface area is 130 Å². The Balaban J connectivity index is 1.75. The fraction of sp³-hybridized carbons (Fsp3) is 0.214. The van der Waals surface area contributed by atoms with Crippen LogP contribution in [0.1, 0.15) is 11.1 Å². The van der Waals surface area contributed by atoms with Gasteiger partial charge in [0.15, 0.2) is 0 Å². The Kier molecular flexibility index (Phi) is 3.70. The Morgan fingerprint density at radius 3 is 2.74 bits per heavy atom. The van der Waals surface area contributed by atoms with E-state index in [0.717, 1.165) is 28.0 Å². The van der Waals surface area contributed by atoms with E-state index in [4.69, 9.17) is 23.2 Å². The number of anilines is 1. The van der Waals surface area contributed by atoms with Crippen LogP contribution in [0.4, 0.5) is 5.69 Å². The van der Waals surface area contributed by atoms with Gasteiger partial charge >= 0.3 is 0 Å². The fourth-order valence-electron chi connectivity index (χ4n) is 2.42. The minimum atomic E-state index is 0.378. The molecular weight excluding hydrogens is 347 g/mol. The van der Waals surface area contributed by atoms with E-state index < -0.39 is 0 Å². The van der Waals surface area contributed by atoms with Gasteiger partial charge in [0.25, 0.3) is 0 Å². The standard InChI is InChI=1S/C14H11BrCl2N2/c15-13-6-12(7-18-14(13)17)19-11-4-8-1-2-10(16)3-9(8)5-11/h1-3,6-7,11,19H,4-5H2. The lowest BCUT2D eigenvalue weighted by atomic mass is 10.1. The summed E-state index contributed by atoms with van der Waals surface area (Å²) in [5, 5.41) is 4.76. The van der Waals surface area contributed by atoms with Crippen LogP contribution >= 0.6 is 39.1 Å². The highest BCUT2D eigenvalue weighted by Crippen LogP contribution is 2.28. The topological polar surface area (TPSA) is 24.9 Å². The number of nitrogens with one attached hydrogen (secondary N) is 1. The first-order valence-corrected chi connectivity index (χ1v) is 7.51. The molecule has 1 aromatic carbocycles. The van der Waals surface area contributed by atoms with Gasteiger partial charge in [-0.15, -0.1) is 0 Å². The third kappa shape index (κ3) is 2.88. The number of rotatable bonds is 2. The number of aromatic nitrogens is 1. The third-order valence-electron chi connectivity index (χ3n) is 3.27. The molecule has 19 heavy (non-hydrogen) atoms. The van der Waals surface area contributed by atoms with Crippen molar-refractivity contribution in [1.29, 1.82) is 0 Å². The summed E-state index contributed by atoms with van der Waals surface area (Å²) in [6.07, 6.45) is 3.74. The lowest BCUT2D eigenvalue weighted by Gasteiger charge is -2.13. The first kappa shape index (κ1) is 13.2. The van der Waals surface area contributed by atoms with Gasteiger partial charge in [0, 0.05) is 11.1 Å². The summed E-state index contributed by atoms with van der Waals surface area (Å²) >= 11 is 15.3. The lowest BCUT2D eigenvalue weighted by molar-refractivity contribution is 0.773. The summed E-state index contributed by atoms with van der Waals surface area (Å²) in [5.41, 5.74) is 3.66. The van der Waals surface area contributed by atoms with Crippen molar-refractivity contribution in [1.82, 2.24) is 4.98 Å². The molecule has 1 aliphatic carbocycles. The van der Waals surface area contributed by atoms with Crippen molar-refractivity contribution in [3.63, 3.8) is 0 Å². The molecular formula is C14H11BrCl2N2. The van der Waals surface area contributed by atoms with Crippen LogP contribution in [0.15, 0.2) is 34.9 Å². The fourth-order valence-corrected chi connectivity index (χ4v) is 3.07. The predicted molar refractivity (Wildman–Crippen MR) is 83.2 cm³/mol. The molecule has 0 amide bonds. The van der Waals surface area contributed by atoms with E-state index in [-0.39, 0.29) is 0 Å². The van der Waals surface area contributed by atoms with Crippen LogP contribution in [0.3, 0.4) is 0 Å². The molecule has 0 saturated carbocycles. The highest BCUT2D eigenvalue weighted by Gasteiger charge is 2.21. The molecule has 0 radical (unpaired) electrons. The number of nitrogens with zero attached hydrogens (tertiary/aromatic N) is 1. The van der Waals surface area contributed by atoms with Gasteiger partial charge in [-0.1, -0.05) is 29.3 Å². The second-order valence-electron chi connectivity index (χ2n) is 4.66. The zero-order chi connectivity index (χ0) is 13.4. The normalized spacial score (nSPS) is 17.3. The first-order chi connectivity index (χ1) is 9.11. The molecule has 0 spiro atoms. The van der Waals surface area contributed by atoms with E-state index in [0.29, 0.717) is 11.2 Å². The molecule has 1 heterocycles. The van der Waals surface area contributed by atoms with E-state index in [1.807, 2.05) is 12.1 Å². The van der Waals surface area contributed by atoms with Crippen molar-refractivity contribution >= 4 is 44.8 Å². The molecule has 2 aromatic rings. The highest BCUT2D eigenvalue weighted by molar-refractivity contribution is 9.10. The van der Waals surface area contributed by atoms with Crippen molar-refractivity contribution in [2.75, 3.05) is 5.32 Å². The molecule has 2 nitrogen and oxygen atoms in total. The number of halogens is 3. The first-order valence-electron chi connectivity index (χ1n) is 5.97. The van der Waals surface area contributed by atoms with Crippen molar-refractivity contribution in [2.24, 2.45) is 0 Å². The van der Waals surface area contributed by atoms with Crippen LogP contribution < -0.4 is 5.32 Å². The quantitative estimate of drug-likeness (QED) is 0.786. The highest BCUT2D eigenvalue weighted by atomic mass is 79.9. The third-order valence-corrected chi connectivity index (χ3v) is 4.64. The molecule has 0 bridgehead atoms. The monoisotopic (exact) mass is 356 g/mol. The molecule has 98 valence electrons. The summed E-state index contributed by atoms with van der Waals surface area (Å²) < 4.78 is 0.803. The van der Waals surface area contributed by atoms with Gasteiger partial charge in [0.05, 0.1) is 16.4 Å². The van der Waals surface area contributed by atoms with Crippen LogP contribution in [-0.4, -0.2) is 11.0 Å². The molecule has 1 unspecified atom stereocenters. The second-order valence-corrected chi connectivity index (χ2v) is 6.31. The van der Waals surface area contributed by atoms with Crippen molar-refractivity contribution in [3.8, 4) is 0 Å². The van der Waals surface area contributed by atoms with Crippen LogP contribution in [0.5, 0.6) is 0 Å². The smallest absolute Gasteiger partial charge is 0.143 e. The predicted octanol–water partition coefficient (Wildman–Crippen LogP) is 4.73. The van der Waals surface area contributed by atoms with Crippen LogP contribution in [-0.2, 0) is 12.8 Å². The van der Waals surface area contributed by atoms with E-state index in [1.54, 1.807) is 6.20 Å². The van der Waals surface area contributed by atoms with E-state index in [9.17, 15) is 0 Å². The number of hydrogen-bond donors (Lipinski definition) is 1.